The number of aromatic nitrogens is 1. The molecule has 0 bridgehead atoms. The van der Waals surface area contributed by atoms with Crippen molar-refractivity contribution < 1.29 is 31.5 Å². The van der Waals surface area contributed by atoms with Crippen molar-refractivity contribution in [1.82, 2.24) is 10.3 Å². The van der Waals surface area contributed by atoms with Crippen molar-refractivity contribution in [2.75, 3.05) is 7.11 Å². The number of rotatable bonds is 5. The van der Waals surface area contributed by atoms with Gasteiger partial charge in [0.2, 0.25) is 0 Å². The number of nitrogens with zero attached hydrogens (tertiary/aromatic N) is 1. The van der Waals surface area contributed by atoms with Crippen molar-refractivity contribution in [3.63, 3.8) is 0 Å². The molecule has 0 atom stereocenters. The van der Waals surface area contributed by atoms with E-state index in [4.69, 9.17) is 9.15 Å². The molecule has 28 heavy (non-hydrogen) atoms. The van der Waals surface area contributed by atoms with E-state index in [-0.39, 0.29) is 23.6 Å². The van der Waals surface area contributed by atoms with Crippen LogP contribution in [0.4, 0.5) is 17.6 Å². The highest BCUT2D eigenvalue weighted by Crippen LogP contribution is 2.30. The zero-order valence-corrected chi connectivity index (χ0v) is 14.5. The molecule has 0 saturated heterocycles. The van der Waals surface area contributed by atoms with Gasteiger partial charge in [0.05, 0.1) is 12.7 Å². The Labute approximate surface area is 157 Å². The number of methoxy groups -OCH3 is 1. The highest BCUT2D eigenvalue weighted by molar-refractivity contribution is 5.97. The lowest BCUT2D eigenvalue weighted by Gasteiger charge is -2.10. The maximum atomic E-state index is 13.9. The fourth-order valence-electron chi connectivity index (χ4n) is 2.48. The van der Waals surface area contributed by atoms with Gasteiger partial charge in [0, 0.05) is 17.7 Å². The van der Waals surface area contributed by atoms with Gasteiger partial charge in [-0.25, -0.2) is 9.37 Å². The normalized spacial score (nSPS) is 11.3. The van der Waals surface area contributed by atoms with E-state index in [9.17, 15) is 22.4 Å². The van der Waals surface area contributed by atoms with Crippen LogP contribution in [0.5, 0.6) is 5.75 Å². The lowest BCUT2D eigenvalue weighted by Crippen LogP contribution is -2.24. The first kappa shape index (κ1) is 19.4. The third-order valence-corrected chi connectivity index (χ3v) is 3.95. The van der Waals surface area contributed by atoms with Gasteiger partial charge >= 0.3 is 6.18 Å². The van der Waals surface area contributed by atoms with Gasteiger partial charge in [0.1, 0.15) is 11.6 Å². The van der Waals surface area contributed by atoms with E-state index in [2.05, 4.69) is 10.3 Å². The lowest BCUT2D eigenvalue weighted by atomic mass is 10.1. The number of benzene rings is 2. The molecule has 146 valence electrons. The van der Waals surface area contributed by atoms with Crippen LogP contribution < -0.4 is 10.1 Å². The zero-order chi connectivity index (χ0) is 20.3. The third kappa shape index (κ3) is 4.13. The summed E-state index contributed by atoms with van der Waals surface area (Å²) in [7, 11) is 1.52. The molecule has 0 aliphatic heterocycles. The molecule has 2 aromatic carbocycles. The van der Waals surface area contributed by atoms with Crippen LogP contribution in [0.1, 0.15) is 21.6 Å². The summed E-state index contributed by atoms with van der Waals surface area (Å²) in [5.41, 5.74) is -0.643. The van der Waals surface area contributed by atoms with Crippen LogP contribution in [0, 0.1) is 5.82 Å². The van der Waals surface area contributed by atoms with E-state index >= 15 is 0 Å². The van der Waals surface area contributed by atoms with Crippen molar-refractivity contribution in [3.8, 4) is 17.1 Å². The molecule has 3 rings (SSSR count). The van der Waals surface area contributed by atoms with Crippen molar-refractivity contribution in [1.29, 1.82) is 0 Å². The fourth-order valence-corrected chi connectivity index (χ4v) is 2.48. The molecule has 0 aliphatic rings. The first-order valence-electron chi connectivity index (χ1n) is 8.01. The number of alkyl halides is 3. The summed E-state index contributed by atoms with van der Waals surface area (Å²) in [5, 5.41) is 2.43. The highest BCUT2D eigenvalue weighted by Gasteiger charge is 2.31. The zero-order valence-electron chi connectivity index (χ0n) is 14.5. The largest absolute Gasteiger partial charge is 0.497 e. The topological polar surface area (TPSA) is 64.4 Å². The average molecular weight is 394 g/mol. The number of hydrogen-bond acceptors (Lipinski definition) is 4. The van der Waals surface area contributed by atoms with Gasteiger partial charge in [-0.2, -0.15) is 13.2 Å². The predicted molar refractivity (Wildman–Crippen MR) is 91.1 cm³/mol. The number of carbonyl (C=O) groups excluding carboxylic acids is 1. The van der Waals surface area contributed by atoms with Crippen LogP contribution >= 0.6 is 0 Å². The van der Waals surface area contributed by atoms with E-state index in [0.29, 0.717) is 17.4 Å². The van der Waals surface area contributed by atoms with Gasteiger partial charge < -0.3 is 14.5 Å². The van der Waals surface area contributed by atoms with Gasteiger partial charge in [-0.05, 0) is 36.4 Å². The van der Waals surface area contributed by atoms with Crippen molar-refractivity contribution in [3.05, 3.63) is 71.5 Å². The number of halogens is 4. The minimum absolute atomic E-state index is 0.0301. The Morgan fingerprint density at radius 2 is 1.89 bits per heavy atom. The van der Waals surface area contributed by atoms with Crippen LogP contribution in [0.15, 0.2) is 53.3 Å². The molecule has 5 nitrogen and oxygen atoms in total. The maximum absolute atomic E-state index is 13.9. The Kier molecular flexibility index (Phi) is 5.34. The number of hydrogen-bond donors (Lipinski definition) is 1. The number of carbonyl (C=O) groups is 1. The van der Waals surface area contributed by atoms with E-state index in [1.807, 2.05) is 0 Å². The number of nitrogens with one attached hydrogen (secondary N) is 1. The van der Waals surface area contributed by atoms with E-state index < -0.39 is 23.5 Å². The van der Waals surface area contributed by atoms with Gasteiger partial charge in [0.15, 0.2) is 17.8 Å². The molecular formula is C19H14F4N2O3. The summed E-state index contributed by atoms with van der Waals surface area (Å²) in [6.45, 7) is -0.308. The molecule has 9 heteroatoms. The molecule has 1 N–H and O–H groups in total. The Morgan fingerprint density at radius 3 is 2.50 bits per heavy atom. The van der Waals surface area contributed by atoms with Crippen molar-refractivity contribution in [2.24, 2.45) is 0 Å². The summed E-state index contributed by atoms with van der Waals surface area (Å²) >= 11 is 0. The highest BCUT2D eigenvalue weighted by atomic mass is 19.4. The predicted octanol–water partition coefficient (Wildman–Crippen LogP) is 4.44. The first-order chi connectivity index (χ1) is 13.3. The number of amides is 1. The van der Waals surface area contributed by atoms with Gasteiger partial charge in [-0.15, -0.1) is 0 Å². The van der Waals surface area contributed by atoms with Crippen LogP contribution in [-0.2, 0) is 12.7 Å². The van der Waals surface area contributed by atoms with Crippen LogP contribution in [0.25, 0.3) is 11.3 Å². The second kappa shape index (κ2) is 7.71. The number of ether oxygens (including phenoxy) is 1. The Hall–Kier alpha value is -3.36. The van der Waals surface area contributed by atoms with E-state index in [1.54, 1.807) is 24.3 Å². The maximum Gasteiger partial charge on any atom is 0.416 e. The monoisotopic (exact) mass is 394 g/mol. The molecule has 0 radical (unpaired) electrons. The van der Waals surface area contributed by atoms with Crippen molar-refractivity contribution >= 4 is 5.91 Å². The minimum atomic E-state index is -4.64. The molecule has 3 aromatic rings. The van der Waals surface area contributed by atoms with Gasteiger partial charge in [-0.1, -0.05) is 6.07 Å². The minimum Gasteiger partial charge on any atom is -0.497 e. The molecule has 1 amide bonds. The molecule has 1 heterocycles. The quantitative estimate of drug-likeness (QED) is 0.650. The van der Waals surface area contributed by atoms with E-state index in [1.165, 1.54) is 7.11 Å². The molecular weight excluding hydrogens is 380 g/mol. The van der Waals surface area contributed by atoms with Gasteiger partial charge in [-0.3, -0.25) is 4.79 Å². The fraction of sp³-hybridized carbons (Fsp3) is 0.158. The smallest absolute Gasteiger partial charge is 0.416 e. The Morgan fingerprint density at radius 1 is 1.18 bits per heavy atom. The Balaban J connectivity index is 1.73. The summed E-state index contributed by atoms with van der Waals surface area (Å²) in [6.07, 6.45) is -3.55. The average Bonchev–Trinajstić information content (AvgIpc) is 3.16. The standard InChI is InChI=1S/C19H14F4N2O3/c1-27-14-6-3-11(4-7-14)17-16(25-10-28-17)18(26)24-9-12-2-5-13(8-15(12)20)19(21,22)23/h2-8,10H,9H2,1H3,(H,24,26). The second-order valence-electron chi connectivity index (χ2n) is 5.75. The van der Waals surface area contributed by atoms with Crippen LogP contribution in [-0.4, -0.2) is 18.0 Å². The number of oxazole rings is 1. The summed E-state index contributed by atoms with van der Waals surface area (Å²) in [4.78, 5) is 16.2. The lowest BCUT2D eigenvalue weighted by molar-refractivity contribution is -0.137. The summed E-state index contributed by atoms with van der Waals surface area (Å²) < 4.78 is 62.0. The third-order valence-electron chi connectivity index (χ3n) is 3.95. The van der Waals surface area contributed by atoms with Crippen LogP contribution in [0.2, 0.25) is 0 Å². The van der Waals surface area contributed by atoms with Crippen molar-refractivity contribution in [2.45, 2.75) is 12.7 Å². The molecule has 1 aromatic heterocycles. The molecule has 0 unspecified atom stereocenters. The van der Waals surface area contributed by atoms with Crippen LogP contribution in [0.3, 0.4) is 0 Å². The van der Waals surface area contributed by atoms with Gasteiger partial charge in [0.25, 0.3) is 5.91 Å². The Bertz CT molecular complexity index is 982. The first-order valence-corrected chi connectivity index (χ1v) is 8.01. The molecule has 0 fully saturated rings. The summed E-state index contributed by atoms with van der Waals surface area (Å²) in [6, 6.07) is 8.82. The molecule has 0 saturated carbocycles. The summed E-state index contributed by atoms with van der Waals surface area (Å²) in [5.74, 6) is -0.899. The van der Waals surface area contributed by atoms with E-state index in [0.717, 1.165) is 18.5 Å². The second-order valence-corrected chi connectivity index (χ2v) is 5.75. The SMILES string of the molecule is COc1ccc(-c2ocnc2C(=O)NCc2ccc(C(F)(F)F)cc2F)cc1. The molecule has 0 spiro atoms. The molecule has 0 aliphatic carbocycles.